The zero-order valence-electron chi connectivity index (χ0n) is 13.4. The second kappa shape index (κ2) is 7.23. The molecule has 1 fully saturated rings. The van der Waals surface area contributed by atoms with Gasteiger partial charge in [-0.2, -0.15) is 13.2 Å². The molecule has 0 unspecified atom stereocenters. The van der Waals surface area contributed by atoms with Crippen LogP contribution in [0.4, 0.5) is 18.0 Å². The summed E-state index contributed by atoms with van der Waals surface area (Å²) in [5.41, 5.74) is 2.06. The van der Waals surface area contributed by atoms with E-state index < -0.39 is 24.2 Å². The number of urea groups is 1. The molecule has 2 N–H and O–H groups in total. The molecule has 0 bridgehead atoms. The van der Waals surface area contributed by atoms with E-state index in [0.717, 1.165) is 11.1 Å². The molecular weight excluding hydrogens is 305 g/mol. The minimum atomic E-state index is -4.18. The highest BCUT2D eigenvalue weighted by Gasteiger charge is 2.42. The van der Waals surface area contributed by atoms with E-state index >= 15 is 0 Å². The van der Waals surface area contributed by atoms with Gasteiger partial charge in [-0.25, -0.2) is 4.79 Å². The number of carbonyl (C=O) groups is 1. The predicted octanol–water partition coefficient (Wildman–Crippen LogP) is 4.48. The lowest BCUT2D eigenvalue weighted by molar-refractivity contribution is -0.183. The lowest BCUT2D eigenvalue weighted by Gasteiger charge is -2.31. The predicted molar refractivity (Wildman–Crippen MR) is 83.1 cm³/mol. The third-order valence-electron chi connectivity index (χ3n) is 4.47. The standard InChI is InChI=1S/C17H23F3N2O/c1-11-6-3-4-9-15(11)12(2)21-16(23)22-14-8-5-7-13(10-14)17(18,19)20/h3-4,6,9,12-14H,5,7-8,10H2,1-2H3,(H2,21,22,23)/t12-,13+,14+/m0/s1. The smallest absolute Gasteiger partial charge is 0.335 e. The van der Waals surface area contributed by atoms with Gasteiger partial charge in [0.15, 0.2) is 0 Å². The molecule has 0 spiro atoms. The fourth-order valence-corrected chi connectivity index (χ4v) is 3.19. The van der Waals surface area contributed by atoms with Crippen molar-refractivity contribution in [2.45, 2.75) is 57.8 Å². The molecule has 0 aromatic heterocycles. The van der Waals surface area contributed by atoms with Crippen molar-refractivity contribution in [3.8, 4) is 0 Å². The van der Waals surface area contributed by atoms with E-state index in [1.165, 1.54) is 0 Å². The summed E-state index contributed by atoms with van der Waals surface area (Å²) in [6.45, 7) is 3.82. The summed E-state index contributed by atoms with van der Waals surface area (Å²) in [4.78, 5) is 12.1. The Morgan fingerprint density at radius 2 is 1.96 bits per heavy atom. The lowest BCUT2D eigenvalue weighted by atomic mass is 9.85. The molecule has 0 radical (unpaired) electrons. The van der Waals surface area contributed by atoms with Gasteiger partial charge in [-0.3, -0.25) is 0 Å². The van der Waals surface area contributed by atoms with Crippen molar-refractivity contribution in [1.29, 1.82) is 0 Å². The van der Waals surface area contributed by atoms with E-state index in [0.29, 0.717) is 12.8 Å². The fourth-order valence-electron chi connectivity index (χ4n) is 3.19. The van der Waals surface area contributed by atoms with Crippen molar-refractivity contribution in [3.63, 3.8) is 0 Å². The third kappa shape index (κ3) is 4.88. The number of hydrogen-bond acceptors (Lipinski definition) is 1. The fraction of sp³-hybridized carbons (Fsp3) is 0.588. The maximum atomic E-state index is 12.8. The highest BCUT2D eigenvalue weighted by Crippen LogP contribution is 2.37. The van der Waals surface area contributed by atoms with Gasteiger partial charge in [0.2, 0.25) is 0 Å². The molecule has 0 heterocycles. The van der Waals surface area contributed by atoms with Crippen LogP contribution >= 0.6 is 0 Å². The van der Waals surface area contributed by atoms with Gasteiger partial charge in [-0.15, -0.1) is 0 Å². The summed E-state index contributed by atoms with van der Waals surface area (Å²) in [5.74, 6) is -1.31. The summed E-state index contributed by atoms with van der Waals surface area (Å²) in [5, 5.41) is 5.50. The van der Waals surface area contributed by atoms with Crippen LogP contribution in [0.3, 0.4) is 0 Å². The zero-order valence-corrected chi connectivity index (χ0v) is 13.4. The summed E-state index contributed by atoms with van der Waals surface area (Å²) in [6, 6.07) is 6.69. The molecule has 0 saturated heterocycles. The van der Waals surface area contributed by atoms with Gasteiger partial charge in [0.1, 0.15) is 0 Å². The molecule has 1 aromatic carbocycles. The van der Waals surface area contributed by atoms with Gasteiger partial charge in [0.25, 0.3) is 0 Å². The van der Waals surface area contributed by atoms with Crippen LogP contribution in [0.1, 0.15) is 49.8 Å². The minimum Gasteiger partial charge on any atom is -0.335 e. The molecular formula is C17H23F3N2O. The van der Waals surface area contributed by atoms with Crippen LogP contribution in [0, 0.1) is 12.8 Å². The Labute approximate surface area is 134 Å². The number of carbonyl (C=O) groups excluding carboxylic acids is 1. The Hall–Kier alpha value is -1.72. The maximum absolute atomic E-state index is 12.8. The van der Waals surface area contributed by atoms with Crippen molar-refractivity contribution < 1.29 is 18.0 Å². The second-order valence-electron chi connectivity index (χ2n) is 6.30. The average molecular weight is 328 g/mol. The van der Waals surface area contributed by atoms with Gasteiger partial charge in [0, 0.05) is 6.04 Å². The number of halogens is 3. The molecule has 128 valence electrons. The first-order chi connectivity index (χ1) is 10.8. The van der Waals surface area contributed by atoms with Crippen LogP contribution in [0.2, 0.25) is 0 Å². The van der Waals surface area contributed by atoms with Crippen LogP contribution in [-0.4, -0.2) is 18.2 Å². The van der Waals surface area contributed by atoms with E-state index in [1.54, 1.807) is 0 Å². The number of benzene rings is 1. The molecule has 3 atom stereocenters. The van der Waals surface area contributed by atoms with E-state index in [-0.39, 0.29) is 18.9 Å². The van der Waals surface area contributed by atoms with Crippen molar-refractivity contribution in [2.75, 3.05) is 0 Å². The maximum Gasteiger partial charge on any atom is 0.391 e. The molecule has 6 heteroatoms. The average Bonchev–Trinajstić information content (AvgIpc) is 2.46. The first-order valence-corrected chi connectivity index (χ1v) is 7.96. The van der Waals surface area contributed by atoms with Crippen LogP contribution in [0.15, 0.2) is 24.3 Å². The Morgan fingerprint density at radius 3 is 2.61 bits per heavy atom. The van der Waals surface area contributed by atoms with E-state index in [1.807, 2.05) is 38.1 Å². The van der Waals surface area contributed by atoms with Crippen LogP contribution in [0.5, 0.6) is 0 Å². The monoisotopic (exact) mass is 328 g/mol. The summed E-state index contributed by atoms with van der Waals surface area (Å²) in [7, 11) is 0. The molecule has 1 aliphatic carbocycles. The van der Waals surface area contributed by atoms with Crippen molar-refractivity contribution in [2.24, 2.45) is 5.92 Å². The summed E-state index contributed by atoms with van der Waals surface area (Å²) < 4.78 is 38.4. The summed E-state index contributed by atoms with van der Waals surface area (Å²) in [6.07, 6.45) is -2.97. The number of nitrogens with one attached hydrogen (secondary N) is 2. The van der Waals surface area contributed by atoms with Gasteiger partial charge < -0.3 is 10.6 Å². The van der Waals surface area contributed by atoms with E-state index in [2.05, 4.69) is 10.6 Å². The third-order valence-corrected chi connectivity index (χ3v) is 4.47. The molecule has 2 rings (SSSR count). The number of hydrogen-bond donors (Lipinski definition) is 2. The lowest BCUT2D eigenvalue weighted by Crippen LogP contribution is -2.46. The van der Waals surface area contributed by atoms with Gasteiger partial charge in [-0.05, 0) is 44.2 Å². The molecule has 1 aromatic rings. The van der Waals surface area contributed by atoms with Gasteiger partial charge >= 0.3 is 12.2 Å². The molecule has 1 aliphatic rings. The Balaban J connectivity index is 1.88. The Kier molecular flexibility index (Phi) is 5.55. The van der Waals surface area contributed by atoms with E-state index in [4.69, 9.17) is 0 Å². The quantitative estimate of drug-likeness (QED) is 0.844. The second-order valence-corrected chi connectivity index (χ2v) is 6.30. The topological polar surface area (TPSA) is 41.1 Å². The summed E-state index contributed by atoms with van der Waals surface area (Å²) >= 11 is 0. The minimum absolute atomic E-state index is 0.0321. The Bertz CT molecular complexity index is 545. The first kappa shape index (κ1) is 17.6. The molecule has 0 aliphatic heterocycles. The van der Waals surface area contributed by atoms with Crippen molar-refractivity contribution in [1.82, 2.24) is 10.6 Å². The van der Waals surface area contributed by atoms with Gasteiger partial charge in [0.05, 0.1) is 12.0 Å². The van der Waals surface area contributed by atoms with Crippen LogP contribution in [-0.2, 0) is 0 Å². The zero-order chi connectivity index (χ0) is 17.0. The highest BCUT2D eigenvalue weighted by atomic mass is 19.4. The Morgan fingerprint density at radius 1 is 1.26 bits per heavy atom. The number of alkyl halides is 3. The van der Waals surface area contributed by atoms with Gasteiger partial charge in [-0.1, -0.05) is 30.7 Å². The normalized spacial score (nSPS) is 23.2. The molecule has 23 heavy (non-hydrogen) atoms. The SMILES string of the molecule is Cc1ccccc1[C@H](C)NC(=O)N[C@@H]1CCC[C@@H](C(F)(F)F)C1. The molecule has 2 amide bonds. The highest BCUT2D eigenvalue weighted by molar-refractivity contribution is 5.74. The molecule has 1 saturated carbocycles. The van der Waals surface area contributed by atoms with Crippen molar-refractivity contribution >= 4 is 6.03 Å². The number of rotatable bonds is 3. The molecule has 3 nitrogen and oxygen atoms in total. The number of amides is 2. The van der Waals surface area contributed by atoms with Crippen LogP contribution < -0.4 is 10.6 Å². The largest absolute Gasteiger partial charge is 0.391 e. The van der Waals surface area contributed by atoms with Crippen molar-refractivity contribution in [3.05, 3.63) is 35.4 Å². The van der Waals surface area contributed by atoms with E-state index in [9.17, 15) is 18.0 Å². The van der Waals surface area contributed by atoms with Crippen LogP contribution in [0.25, 0.3) is 0 Å². The number of aryl methyl sites for hydroxylation is 1. The first-order valence-electron chi connectivity index (χ1n) is 7.96.